The number of aromatic nitrogens is 1. The molecular formula is C24H31N3O. The number of hydrogen-bond donors (Lipinski definition) is 1. The summed E-state index contributed by atoms with van der Waals surface area (Å²) in [6.07, 6.45) is 10.00. The van der Waals surface area contributed by atoms with Gasteiger partial charge in [-0.25, -0.2) is 4.98 Å². The highest BCUT2D eigenvalue weighted by Gasteiger charge is 2.18. The summed E-state index contributed by atoms with van der Waals surface area (Å²) in [5.74, 6) is 1.08. The number of aliphatic imine (C=N–C) groups is 1. The molecule has 4 heteroatoms. The van der Waals surface area contributed by atoms with Crippen molar-refractivity contribution in [1.82, 2.24) is 4.98 Å². The maximum Gasteiger partial charge on any atom is 0.159 e. The first-order chi connectivity index (χ1) is 13.6. The molecule has 1 aromatic heterocycles. The van der Waals surface area contributed by atoms with Gasteiger partial charge in [-0.2, -0.15) is 0 Å². The quantitative estimate of drug-likeness (QED) is 0.520. The number of rotatable bonds is 7. The van der Waals surface area contributed by atoms with Gasteiger partial charge in [-0.05, 0) is 56.7 Å². The van der Waals surface area contributed by atoms with Crippen LogP contribution in [0, 0.1) is 6.92 Å². The Labute approximate surface area is 168 Å². The second kappa shape index (κ2) is 9.63. The molecule has 0 bridgehead atoms. The number of nitrogens with one attached hydrogen (secondary N) is 1. The lowest BCUT2D eigenvalue weighted by Crippen LogP contribution is -2.24. The first-order valence-corrected chi connectivity index (χ1v) is 10.4. The number of carbonyl (C=O) groups is 1. The maximum atomic E-state index is 11.5. The molecule has 1 N–H and O–H groups in total. The van der Waals surface area contributed by atoms with Crippen LogP contribution in [-0.4, -0.2) is 29.6 Å². The molecule has 148 valence electrons. The Morgan fingerprint density at radius 2 is 1.86 bits per heavy atom. The van der Waals surface area contributed by atoms with E-state index in [1.54, 1.807) is 6.92 Å². The van der Waals surface area contributed by atoms with Crippen molar-refractivity contribution >= 4 is 17.3 Å². The molecule has 0 atom stereocenters. The molecule has 1 aromatic carbocycles. The number of hydrogen-bond acceptors (Lipinski definition) is 4. The van der Waals surface area contributed by atoms with Crippen molar-refractivity contribution in [3.8, 4) is 0 Å². The molecular weight excluding hydrogens is 346 g/mol. The predicted molar refractivity (Wildman–Crippen MR) is 117 cm³/mol. The van der Waals surface area contributed by atoms with Crippen LogP contribution < -0.4 is 5.32 Å². The van der Waals surface area contributed by atoms with Crippen molar-refractivity contribution in [2.45, 2.75) is 64.8 Å². The first kappa shape index (κ1) is 20.2. The standard InChI is InChI=1S/C24H31N3O/c1-17-15-16-26-24(27-21-7-5-4-6-8-21)23(17)22(25-3)14-11-19-9-12-20(13-10-19)18(2)28/h9-10,12-13,15-16,21H,4-8,11,14H2,1-3H3,(H,26,27). The van der Waals surface area contributed by atoms with E-state index in [-0.39, 0.29) is 5.78 Å². The Bertz CT molecular complexity index is 833. The summed E-state index contributed by atoms with van der Waals surface area (Å²) in [5, 5.41) is 3.69. The van der Waals surface area contributed by atoms with Crippen molar-refractivity contribution in [3.63, 3.8) is 0 Å². The van der Waals surface area contributed by atoms with Crippen LogP contribution in [-0.2, 0) is 6.42 Å². The molecule has 1 heterocycles. The topological polar surface area (TPSA) is 54.4 Å². The fourth-order valence-corrected chi connectivity index (χ4v) is 3.99. The number of carbonyl (C=O) groups excluding carboxylic acids is 1. The molecule has 0 radical (unpaired) electrons. The van der Waals surface area contributed by atoms with Gasteiger partial charge in [-0.1, -0.05) is 43.5 Å². The van der Waals surface area contributed by atoms with E-state index in [4.69, 9.17) is 0 Å². The van der Waals surface area contributed by atoms with Crippen molar-refractivity contribution < 1.29 is 4.79 Å². The molecule has 4 nitrogen and oxygen atoms in total. The molecule has 0 spiro atoms. The molecule has 0 unspecified atom stereocenters. The normalized spacial score (nSPS) is 15.5. The van der Waals surface area contributed by atoms with E-state index in [0.717, 1.165) is 35.5 Å². The molecule has 1 fully saturated rings. The average Bonchev–Trinajstić information content (AvgIpc) is 2.71. The van der Waals surface area contributed by atoms with Gasteiger partial charge < -0.3 is 5.32 Å². The lowest BCUT2D eigenvalue weighted by Gasteiger charge is -2.25. The van der Waals surface area contributed by atoms with Gasteiger partial charge >= 0.3 is 0 Å². The highest BCUT2D eigenvalue weighted by Crippen LogP contribution is 2.25. The third-order valence-corrected chi connectivity index (χ3v) is 5.67. The summed E-state index contributed by atoms with van der Waals surface area (Å²) in [6.45, 7) is 3.73. The van der Waals surface area contributed by atoms with E-state index in [1.165, 1.54) is 43.2 Å². The van der Waals surface area contributed by atoms with Crippen LogP contribution in [0.1, 0.15) is 72.5 Å². The zero-order chi connectivity index (χ0) is 19.9. The number of nitrogens with zero attached hydrogens (tertiary/aromatic N) is 2. The van der Waals surface area contributed by atoms with Crippen molar-refractivity contribution in [2.24, 2.45) is 4.99 Å². The van der Waals surface area contributed by atoms with E-state index >= 15 is 0 Å². The summed E-state index contributed by atoms with van der Waals surface area (Å²) >= 11 is 0. The molecule has 3 rings (SSSR count). The highest BCUT2D eigenvalue weighted by molar-refractivity contribution is 6.05. The molecule has 1 aliphatic carbocycles. The fraction of sp³-hybridized carbons (Fsp3) is 0.458. The Hall–Kier alpha value is -2.49. The van der Waals surface area contributed by atoms with Gasteiger partial charge in [-0.3, -0.25) is 9.79 Å². The van der Waals surface area contributed by atoms with Gasteiger partial charge in [-0.15, -0.1) is 0 Å². The summed E-state index contributed by atoms with van der Waals surface area (Å²) < 4.78 is 0. The maximum absolute atomic E-state index is 11.5. The number of benzene rings is 1. The van der Waals surface area contributed by atoms with Gasteiger partial charge in [0.2, 0.25) is 0 Å². The van der Waals surface area contributed by atoms with Crippen LogP contribution in [0.25, 0.3) is 0 Å². The van der Waals surface area contributed by atoms with Crippen LogP contribution >= 0.6 is 0 Å². The number of Topliss-reactive ketones (excluding diaryl/α,β-unsaturated/α-hetero) is 1. The van der Waals surface area contributed by atoms with Crippen molar-refractivity contribution in [3.05, 3.63) is 58.8 Å². The van der Waals surface area contributed by atoms with Crippen LogP contribution in [0.4, 0.5) is 5.82 Å². The van der Waals surface area contributed by atoms with Crippen LogP contribution in [0.5, 0.6) is 0 Å². The Morgan fingerprint density at radius 3 is 2.50 bits per heavy atom. The van der Waals surface area contributed by atoms with Gasteiger partial charge in [0, 0.05) is 36.1 Å². The molecule has 1 aliphatic rings. The minimum Gasteiger partial charge on any atom is -0.367 e. The van der Waals surface area contributed by atoms with Gasteiger partial charge in [0.25, 0.3) is 0 Å². The van der Waals surface area contributed by atoms with Crippen molar-refractivity contribution in [1.29, 1.82) is 0 Å². The Kier molecular flexibility index (Phi) is 6.96. The first-order valence-electron chi connectivity index (χ1n) is 10.4. The van der Waals surface area contributed by atoms with Crippen molar-refractivity contribution in [2.75, 3.05) is 12.4 Å². The third-order valence-electron chi connectivity index (χ3n) is 5.67. The summed E-state index contributed by atoms with van der Waals surface area (Å²) in [6, 6.07) is 10.5. The molecule has 1 saturated carbocycles. The number of aryl methyl sites for hydroxylation is 2. The molecule has 0 saturated heterocycles. The SMILES string of the molecule is CN=C(CCc1ccc(C(C)=O)cc1)c1c(C)ccnc1NC1CCCCC1. The number of anilines is 1. The molecule has 0 amide bonds. The summed E-state index contributed by atoms with van der Waals surface area (Å²) in [5.41, 5.74) is 5.42. The number of ketones is 1. The summed E-state index contributed by atoms with van der Waals surface area (Å²) in [7, 11) is 1.87. The minimum absolute atomic E-state index is 0.103. The third kappa shape index (κ3) is 5.06. The largest absolute Gasteiger partial charge is 0.367 e. The fourth-order valence-electron chi connectivity index (χ4n) is 3.99. The monoisotopic (exact) mass is 377 g/mol. The second-order valence-electron chi connectivity index (χ2n) is 7.75. The zero-order valence-corrected chi connectivity index (χ0v) is 17.3. The van der Waals surface area contributed by atoms with E-state index < -0.39 is 0 Å². The molecule has 0 aliphatic heterocycles. The van der Waals surface area contributed by atoms with Crippen LogP contribution in [0.15, 0.2) is 41.5 Å². The van der Waals surface area contributed by atoms with Gasteiger partial charge in [0.15, 0.2) is 5.78 Å². The van der Waals surface area contributed by atoms with Crippen LogP contribution in [0.3, 0.4) is 0 Å². The predicted octanol–water partition coefficient (Wildman–Crippen LogP) is 5.39. The second-order valence-corrected chi connectivity index (χ2v) is 7.75. The zero-order valence-electron chi connectivity index (χ0n) is 17.3. The molecule has 28 heavy (non-hydrogen) atoms. The number of pyridine rings is 1. The van der Waals surface area contributed by atoms with E-state index in [9.17, 15) is 4.79 Å². The Morgan fingerprint density at radius 1 is 1.14 bits per heavy atom. The molecule has 2 aromatic rings. The van der Waals surface area contributed by atoms with E-state index in [2.05, 4.69) is 28.3 Å². The smallest absolute Gasteiger partial charge is 0.159 e. The van der Waals surface area contributed by atoms with E-state index in [1.807, 2.05) is 37.5 Å². The lowest BCUT2D eigenvalue weighted by molar-refractivity contribution is 0.101. The minimum atomic E-state index is 0.103. The Balaban J connectivity index is 1.75. The van der Waals surface area contributed by atoms with Gasteiger partial charge in [0.05, 0.1) is 0 Å². The lowest BCUT2D eigenvalue weighted by atomic mass is 9.94. The summed E-state index contributed by atoms with van der Waals surface area (Å²) in [4.78, 5) is 20.7. The van der Waals surface area contributed by atoms with E-state index in [0.29, 0.717) is 6.04 Å². The van der Waals surface area contributed by atoms with Crippen LogP contribution in [0.2, 0.25) is 0 Å². The highest BCUT2D eigenvalue weighted by atomic mass is 16.1. The average molecular weight is 378 g/mol. The van der Waals surface area contributed by atoms with Gasteiger partial charge in [0.1, 0.15) is 5.82 Å².